The van der Waals surface area contributed by atoms with Gasteiger partial charge in [0.15, 0.2) is 17.0 Å². The van der Waals surface area contributed by atoms with E-state index in [0.717, 1.165) is 12.8 Å². The lowest BCUT2D eigenvalue weighted by molar-refractivity contribution is -0.137. The maximum Gasteiger partial charge on any atom is 0.529 e. The standard InChI is InChI=1S/C17H24N7O5P/c1-9(18)16(25)29-30(26,27)28-7-10-2-5-12(6-10)24-8-20-13-14(21-11-3-4-11)22-17(19)23-15(13)24/h2,5,8-12H,3-4,6-7,18H2,1H3,(H,26,27)(H3,19,21,22,23)/t9-,10-,12+/m1/s1. The fourth-order valence-electron chi connectivity index (χ4n) is 3.19. The molecule has 13 heteroatoms. The van der Waals surface area contributed by atoms with Crippen molar-refractivity contribution in [1.82, 2.24) is 19.5 Å². The van der Waals surface area contributed by atoms with Crippen LogP contribution in [0.4, 0.5) is 11.8 Å². The summed E-state index contributed by atoms with van der Waals surface area (Å²) < 4.78 is 23.2. The summed E-state index contributed by atoms with van der Waals surface area (Å²) in [5.41, 5.74) is 12.5. The molecule has 6 N–H and O–H groups in total. The normalized spacial score (nSPS) is 24.0. The molecule has 30 heavy (non-hydrogen) atoms. The largest absolute Gasteiger partial charge is 0.529 e. The van der Waals surface area contributed by atoms with Gasteiger partial charge in [-0.15, -0.1) is 0 Å². The Kier molecular flexibility index (Phi) is 5.49. The third-order valence-electron chi connectivity index (χ3n) is 4.89. The van der Waals surface area contributed by atoms with E-state index in [-0.39, 0.29) is 24.5 Å². The highest BCUT2D eigenvalue weighted by Gasteiger charge is 2.31. The van der Waals surface area contributed by atoms with Crippen LogP contribution in [0.15, 0.2) is 18.5 Å². The van der Waals surface area contributed by atoms with Gasteiger partial charge in [-0.3, -0.25) is 9.42 Å². The molecule has 1 fully saturated rings. The Hall–Kier alpha value is -2.53. The van der Waals surface area contributed by atoms with Crippen molar-refractivity contribution in [2.75, 3.05) is 17.7 Å². The summed E-state index contributed by atoms with van der Waals surface area (Å²) in [6, 6.07) is -0.712. The van der Waals surface area contributed by atoms with Gasteiger partial charge < -0.3 is 25.9 Å². The molecule has 1 saturated carbocycles. The molecule has 0 radical (unpaired) electrons. The number of fused-ring (bicyclic) bond motifs is 1. The summed E-state index contributed by atoms with van der Waals surface area (Å²) in [6.45, 7) is 1.26. The molecule has 2 heterocycles. The number of imidazole rings is 1. The van der Waals surface area contributed by atoms with E-state index in [1.54, 1.807) is 6.33 Å². The van der Waals surface area contributed by atoms with Crippen LogP contribution in [0.3, 0.4) is 0 Å². The average molecular weight is 437 g/mol. The first-order chi connectivity index (χ1) is 14.2. The fourth-order valence-corrected chi connectivity index (χ4v) is 4.02. The lowest BCUT2D eigenvalue weighted by atomic mass is 10.1. The van der Waals surface area contributed by atoms with E-state index >= 15 is 0 Å². The van der Waals surface area contributed by atoms with Crippen LogP contribution in [0, 0.1) is 5.92 Å². The second-order valence-electron chi connectivity index (χ2n) is 7.58. The first kappa shape index (κ1) is 20.7. The first-order valence-electron chi connectivity index (χ1n) is 9.63. The van der Waals surface area contributed by atoms with Gasteiger partial charge in [0, 0.05) is 12.0 Å². The van der Waals surface area contributed by atoms with Gasteiger partial charge in [0.1, 0.15) is 6.04 Å². The highest BCUT2D eigenvalue weighted by Crippen LogP contribution is 2.45. The molecular formula is C17H24N7O5P. The molecule has 0 spiro atoms. The highest BCUT2D eigenvalue weighted by atomic mass is 31.2. The average Bonchev–Trinajstić information content (AvgIpc) is 3.19. The lowest BCUT2D eigenvalue weighted by Crippen LogP contribution is -2.28. The smallest absolute Gasteiger partial charge is 0.369 e. The SMILES string of the molecule is C[C@@H](N)C(=O)OP(=O)(O)OC[C@@H]1C=C[C@H](n2cnc3c(NC4CC4)nc(N)nc32)C1. The predicted molar refractivity (Wildman–Crippen MR) is 108 cm³/mol. The second kappa shape index (κ2) is 7.95. The van der Waals surface area contributed by atoms with Crippen LogP contribution in [0.2, 0.25) is 0 Å². The van der Waals surface area contributed by atoms with Gasteiger partial charge in [0.2, 0.25) is 5.95 Å². The molecule has 2 aliphatic rings. The predicted octanol–water partition coefficient (Wildman–Crippen LogP) is 1.11. The van der Waals surface area contributed by atoms with Gasteiger partial charge in [-0.25, -0.2) is 14.3 Å². The van der Waals surface area contributed by atoms with Crippen molar-refractivity contribution < 1.29 is 23.3 Å². The van der Waals surface area contributed by atoms with Crippen molar-refractivity contribution in [1.29, 1.82) is 0 Å². The van der Waals surface area contributed by atoms with Crippen LogP contribution in [0.5, 0.6) is 0 Å². The van der Waals surface area contributed by atoms with Gasteiger partial charge in [-0.2, -0.15) is 9.97 Å². The number of rotatable bonds is 8. The molecule has 12 nitrogen and oxygen atoms in total. The van der Waals surface area contributed by atoms with Crippen LogP contribution in [-0.4, -0.2) is 49.1 Å². The van der Waals surface area contributed by atoms with E-state index in [0.29, 0.717) is 29.4 Å². The zero-order chi connectivity index (χ0) is 21.5. The number of nitrogens with zero attached hydrogens (tertiary/aromatic N) is 4. The van der Waals surface area contributed by atoms with Crippen molar-refractivity contribution >= 4 is 36.7 Å². The molecule has 0 amide bonds. The summed E-state index contributed by atoms with van der Waals surface area (Å²) in [5, 5.41) is 3.32. The van der Waals surface area contributed by atoms with Crippen molar-refractivity contribution in [3.8, 4) is 0 Å². The fraction of sp³-hybridized carbons (Fsp3) is 0.529. The summed E-state index contributed by atoms with van der Waals surface area (Å²) in [5.74, 6) is -0.382. The third kappa shape index (κ3) is 4.62. The molecule has 2 aromatic rings. The van der Waals surface area contributed by atoms with Gasteiger partial charge >= 0.3 is 13.8 Å². The van der Waals surface area contributed by atoms with E-state index in [1.165, 1.54) is 6.92 Å². The molecule has 2 aliphatic carbocycles. The quantitative estimate of drug-likeness (QED) is 0.343. The molecule has 0 aromatic carbocycles. The number of carbonyl (C=O) groups excluding carboxylic acids is 1. The Labute approximate surface area is 172 Å². The highest BCUT2D eigenvalue weighted by molar-refractivity contribution is 7.48. The number of phosphoric ester groups is 1. The molecule has 0 saturated heterocycles. The Bertz CT molecular complexity index is 1030. The molecule has 2 aromatic heterocycles. The first-order valence-corrected chi connectivity index (χ1v) is 11.1. The van der Waals surface area contributed by atoms with E-state index in [1.807, 2.05) is 16.7 Å². The summed E-state index contributed by atoms with van der Waals surface area (Å²) >= 11 is 0. The van der Waals surface area contributed by atoms with Crippen LogP contribution < -0.4 is 16.8 Å². The molecule has 4 rings (SSSR count). The molecule has 162 valence electrons. The number of nitrogens with one attached hydrogen (secondary N) is 1. The zero-order valence-corrected chi connectivity index (χ0v) is 17.2. The third-order valence-corrected chi connectivity index (χ3v) is 5.78. The van der Waals surface area contributed by atoms with Crippen molar-refractivity contribution in [2.24, 2.45) is 11.7 Å². The number of allylic oxidation sites excluding steroid dienone is 1. The Morgan fingerprint density at radius 2 is 2.20 bits per heavy atom. The molecule has 0 aliphatic heterocycles. The van der Waals surface area contributed by atoms with Crippen LogP contribution in [0.1, 0.15) is 32.2 Å². The Morgan fingerprint density at radius 3 is 2.90 bits per heavy atom. The minimum Gasteiger partial charge on any atom is -0.369 e. The maximum absolute atomic E-state index is 11.9. The lowest BCUT2D eigenvalue weighted by Gasteiger charge is -2.17. The number of hydrogen-bond donors (Lipinski definition) is 4. The number of nitrogens with two attached hydrogens (primary N) is 2. The van der Waals surface area contributed by atoms with E-state index in [9.17, 15) is 14.3 Å². The summed E-state index contributed by atoms with van der Waals surface area (Å²) in [6.07, 6.45) is 8.26. The second-order valence-corrected chi connectivity index (χ2v) is 8.96. The van der Waals surface area contributed by atoms with Gasteiger partial charge in [-0.05, 0) is 26.2 Å². The van der Waals surface area contributed by atoms with Gasteiger partial charge in [0.25, 0.3) is 0 Å². The van der Waals surface area contributed by atoms with Gasteiger partial charge in [-0.1, -0.05) is 12.2 Å². The van der Waals surface area contributed by atoms with Crippen LogP contribution in [-0.2, 0) is 18.4 Å². The van der Waals surface area contributed by atoms with Gasteiger partial charge in [0.05, 0.1) is 19.0 Å². The number of carbonyl (C=O) groups is 1. The number of anilines is 2. The molecule has 4 atom stereocenters. The minimum atomic E-state index is -4.52. The van der Waals surface area contributed by atoms with Crippen LogP contribution >= 0.6 is 7.82 Å². The van der Waals surface area contributed by atoms with Crippen molar-refractivity contribution in [3.63, 3.8) is 0 Å². The minimum absolute atomic E-state index is 0.0867. The number of phosphoric acid groups is 1. The molecule has 0 bridgehead atoms. The topological polar surface area (TPSA) is 181 Å². The monoisotopic (exact) mass is 437 g/mol. The number of nitrogen functional groups attached to an aromatic ring is 1. The Balaban J connectivity index is 1.42. The molecule has 1 unspecified atom stereocenters. The van der Waals surface area contributed by atoms with Crippen LogP contribution in [0.25, 0.3) is 11.2 Å². The van der Waals surface area contributed by atoms with E-state index < -0.39 is 19.8 Å². The number of hydrogen-bond acceptors (Lipinski definition) is 10. The Morgan fingerprint density at radius 1 is 1.43 bits per heavy atom. The van der Waals surface area contributed by atoms with Crippen molar-refractivity contribution in [3.05, 3.63) is 18.5 Å². The number of aromatic nitrogens is 4. The van der Waals surface area contributed by atoms with E-state index in [4.69, 9.17) is 16.0 Å². The van der Waals surface area contributed by atoms with Crippen molar-refractivity contribution in [2.45, 2.75) is 44.3 Å². The van der Waals surface area contributed by atoms with E-state index in [2.05, 4.69) is 24.8 Å². The zero-order valence-electron chi connectivity index (χ0n) is 16.3. The maximum atomic E-state index is 11.9. The summed E-state index contributed by atoms with van der Waals surface area (Å²) in [4.78, 5) is 34.1. The molecular weight excluding hydrogens is 413 g/mol. The summed E-state index contributed by atoms with van der Waals surface area (Å²) in [7, 11) is -4.52.